The number of rotatable bonds is 8. The predicted octanol–water partition coefficient (Wildman–Crippen LogP) is 4.80. The van der Waals surface area contributed by atoms with Crippen molar-refractivity contribution in [1.82, 2.24) is 4.90 Å². The Morgan fingerprint density at radius 3 is 2.25 bits per heavy atom. The van der Waals surface area contributed by atoms with Crippen LogP contribution in [0.15, 0.2) is 29.2 Å². The summed E-state index contributed by atoms with van der Waals surface area (Å²) in [7, 11) is 0. The standard InChI is InChI=1S/C20H27NO2S/c1-5-6-7-8-13-21-19(22)17(16-11-9-15(4)10-12-16)18(20(21)23)24-14(2)3/h9-12,14H,5-8,13H2,1-4H3. The number of nitrogens with zero attached hydrogens (tertiary/aromatic N) is 1. The molecule has 0 saturated carbocycles. The van der Waals surface area contributed by atoms with Crippen LogP contribution in [-0.2, 0) is 9.59 Å². The van der Waals surface area contributed by atoms with Gasteiger partial charge in [0.25, 0.3) is 11.8 Å². The van der Waals surface area contributed by atoms with E-state index in [2.05, 4.69) is 6.92 Å². The fourth-order valence-electron chi connectivity index (χ4n) is 2.77. The first-order chi connectivity index (χ1) is 11.5. The first-order valence-electron chi connectivity index (χ1n) is 8.79. The summed E-state index contributed by atoms with van der Waals surface area (Å²) in [6, 6.07) is 7.86. The molecule has 1 aliphatic heterocycles. The van der Waals surface area contributed by atoms with Crippen LogP contribution in [0.5, 0.6) is 0 Å². The summed E-state index contributed by atoms with van der Waals surface area (Å²) >= 11 is 1.50. The van der Waals surface area contributed by atoms with Crippen LogP contribution in [0.3, 0.4) is 0 Å². The zero-order valence-corrected chi connectivity index (χ0v) is 15.9. The fraction of sp³-hybridized carbons (Fsp3) is 0.500. The number of hydrogen-bond acceptors (Lipinski definition) is 3. The molecule has 0 N–H and O–H groups in total. The van der Waals surface area contributed by atoms with E-state index >= 15 is 0 Å². The number of benzene rings is 1. The number of thioether (sulfide) groups is 1. The van der Waals surface area contributed by atoms with E-state index in [1.54, 1.807) is 0 Å². The molecule has 0 radical (unpaired) electrons. The third-order valence-electron chi connectivity index (χ3n) is 4.05. The summed E-state index contributed by atoms with van der Waals surface area (Å²) in [5, 5.41) is 0.261. The molecule has 1 aromatic rings. The zero-order valence-electron chi connectivity index (χ0n) is 15.1. The Morgan fingerprint density at radius 1 is 1.00 bits per heavy atom. The van der Waals surface area contributed by atoms with E-state index in [-0.39, 0.29) is 17.1 Å². The Labute approximate surface area is 149 Å². The van der Waals surface area contributed by atoms with E-state index in [0.717, 1.165) is 36.8 Å². The molecule has 1 aliphatic rings. The highest BCUT2D eigenvalue weighted by Gasteiger charge is 2.38. The molecular formula is C20H27NO2S. The Hall–Kier alpha value is -1.55. The third-order valence-corrected chi connectivity index (χ3v) is 5.14. The quantitative estimate of drug-likeness (QED) is 0.502. The van der Waals surface area contributed by atoms with Crippen molar-refractivity contribution in [2.24, 2.45) is 0 Å². The van der Waals surface area contributed by atoms with Gasteiger partial charge in [0, 0.05) is 11.8 Å². The van der Waals surface area contributed by atoms with Crippen LogP contribution in [0.1, 0.15) is 57.6 Å². The van der Waals surface area contributed by atoms with Gasteiger partial charge in [0.15, 0.2) is 0 Å². The zero-order chi connectivity index (χ0) is 17.7. The van der Waals surface area contributed by atoms with Gasteiger partial charge in [0.1, 0.15) is 0 Å². The molecule has 24 heavy (non-hydrogen) atoms. The van der Waals surface area contributed by atoms with Crippen LogP contribution in [0, 0.1) is 6.92 Å². The predicted molar refractivity (Wildman–Crippen MR) is 102 cm³/mol. The van der Waals surface area contributed by atoms with E-state index in [1.807, 2.05) is 45.0 Å². The summed E-state index contributed by atoms with van der Waals surface area (Å²) in [5.74, 6) is -0.255. The monoisotopic (exact) mass is 345 g/mol. The molecule has 0 unspecified atom stereocenters. The SMILES string of the molecule is CCCCCCN1C(=O)C(SC(C)C)=C(c2ccc(C)cc2)C1=O. The van der Waals surface area contributed by atoms with Gasteiger partial charge in [-0.05, 0) is 18.9 Å². The Kier molecular flexibility index (Phi) is 6.67. The second-order valence-electron chi connectivity index (χ2n) is 6.56. The lowest BCUT2D eigenvalue weighted by Crippen LogP contribution is -2.32. The summed E-state index contributed by atoms with van der Waals surface area (Å²) in [6.07, 6.45) is 4.22. The molecule has 1 aromatic carbocycles. The number of carbonyl (C=O) groups excluding carboxylic acids is 2. The van der Waals surface area contributed by atoms with Crippen LogP contribution in [-0.4, -0.2) is 28.5 Å². The summed E-state index contributed by atoms with van der Waals surface area (Å²) < 4.78 is 0. The minimum absolute atomic E-state index is 0.120. The normalized spacial score (nSPS) is 15.1. The minimum Gasteiger partial charge on any atom is -0.274 e. The fourth-order valence-corrected chi connectivity index (χ4v) is 3.78. The average Bonchev–Trinajstić information content (AvgIpc) is 2.76. The highest BCUT2D eigenvalue weighted by atomic mass is 32.2. The van der Waals surface area contributed by atoms with E-state index in [9.17, 15) is 9.59 Å². The van der Waals surface area contributed by atoms with Gasteiger partial charge in [-0.25, -0.2) is 0 Å². The molecule has 0 aromatic heterocycles. The van der Waals surface area contributed by atoms with Crippen LogP contribution in [0.2, 0.25) is 0 Å². The van der Waals surface area contributed by atoms with E-state index < -0.39 is 0 Å². The Morgan fingerprint density at radius 2 is 1.67 bits per heavy atom. The van der Waals surface area contributed by atoms with Crippen molar-refractivity contribution in [2.45, 2.75) is 58.6 Å². The van der Waals surface area contributed by atoms with Crippen molar-refractivity contribution >= 4 is 29.1 Å². The molecule has 0 saturated heterocycles. The lowest BCUT2D eigenvalue weighted by Gasteiger charge is -2.15. The second-order valence-corrected chi connectivity index (χ2v) is 8.15. The van der Waals surface area contributed by atoms with Gasteiger partial charge in [-0.2, -0.15) is 0 Å². The lowest BCUT2D eigenvalue weighted by atomic mass is 10.0. The number of hydrogen-bond donors (Lipinski definition) is 0. The van der Waals surface area contributed by atoms with Crippen molar-refractivity contribution in [3.8, 4) is 0 Å². The van der Waals surface area contributed by atoms with Crippen molar-refractivity contribution < 1.29 is 9.59 Å². The summed E-state index contributed by atoms with van der Waals surface area (Å²) in [5.41, 5.74) is 2.57. The van der Waals surface area contributed by atoms with Crippen LogP contribution < -0.4 is 0 Å². The topological polar surface area (TPSA) is 37.4 Å². The largest absolute Gasteiger partial charge is 0.274 e. The van der Waals surface area contributed by atoms with Crippen molar-refractivity contribution in [2.75, 3.05) is 6.54 Å². The summed E-state index contributed by atoms with van der Waals surface area (Å²) in [6.45, 7) is 8.79. The molecule has 1 heterocycles. The maximum Gasteiger partial charge on any atom is 0.267 e. The van der Waals surface area contributed by atoms with E-state index in [1.165, 1.54) is 16.7 Å². The average molecular weight is 346 g/mol. The molecule has 0 spiro atoms. The highest BCUT2D eigenvalue weighted by molar-refractivity contribution is 8.04. The minimum atomic E-state index is -0.136. The van der Waals surface area contributed by atoms with Crippen molar-refractivity contribution in [3.63, 3.8) is 0 Å². The molecule has 4 heteroatoms. The molecule has 0 bridgehead atoms. The van der Waals surface area contributed by atoms with Crippen molar-refractivity contribution in [3.05, 3.63) is 40.3 Å². The Bertz CT molecular complexity index is 632. The molecular weight excluding hydrogens is 318 g/mol. The van der Waals surface area contributed by atoms with E-state index in [0.29, 0.717) is 17.0 Å². The first-order valence-corrected chi connectivity index (χ1v) is 9.67. The maximum atomic E-state index is 12.9. The van der Waals surface area contributed by atoms with Crippen LogP contribution in [0.25, 0.3) is 5.57 Å². The second kappa shape index (κ2) is 8.52. The number of aryl methyl sites for hydroxylation is 1. The van der Waals surface area contributed by atoms with Gasteiger partial charge in [0.2, 0.25) is 0 Å². The van der Waals surface area contributed by atoms with Gasteiger partial charge in [-0.15, -0.1) is 11.8 Å². The third kappa shape index (κ3) is 4.29. The Balaban J connectivity index is 2.28. The molecule has 0 atom stereocenters. The van der Waals surface area contributed by atoms with Gasteiger partial charge < -0.3 is 0 Å². The number of carbonyl (C=O) groups is 2. The highest BCUT2D eigenvalue weighted by Crippen LogP contribution is 2.38. The molecule has 3 nitrogen and oxygen atoms in total. The van der Waals surface area contributed by atoms with Crippen LogP contribution >= 0.6 is 11.8 Å². The number of unbranched alkanes of at least 4 members (excludes halogenated alkanes) is 3. The summed E-state index contributed by atoms with van der Waals surface area (Å²) in [4.78, 5) is 27.7. The van der Waals surface area contributed by atoms with Crippen LogP contribution in [0.4, 0.5) is 0 Å². The van der Waals surface area contributed by atoms with Gasteiger partial charge in [-0.1, -0.05) is 69.9 Å². The molecule has 0 fully saturated rings. The molecule has 2 rings (SSSR count). The maximum absolute atomic E-state index is 12.9. The van der Waals surface area contributed by atoms with Gasteiger partial charge in [0.05, 0.1) is 10.5 Å². The van der Waals surface area contributed by atoms with Gasteiger partial charge >= 0.3 is 0 Å². The van der Waals surface area contributed by atoms with Gasteiger partial charge in [-0.3, -0.25) is 14.5 Å². The smallest absolute Gasteiger partial charge is 0.267 e. The molecule has 130 valence electrons. The molecule has 0 aliphatic carbocycles. The van der Waals surface area contributed by atoms with Crippen molar-refractivity contribution in [1.29, 1.82) is 0 Å². The first kappa shape index (κ1) is 18.8. The lowest BCUT2D eigenvalue weighted by molar-refractivity contribution is -0.136. The molecule has 2 amide bonds. The van der Waals surface area contributed by atoms with E-state index in [4.69, 9.17) is 0 Å². The number of imide groups is 1. The number of amides is 2.